The second-order valence-electron chi connectivity index (χ2n) is 7.21. The molecule has 6 heteroatoms. The lowest BCUT2D eigenvalue weighted by molar-refractivity contribution is -0.993. The van der Waals surface area contributed by atoms with Gasteiger partial charge >= 0.3 is 0 Å². The molecule has 1 heterocycles. The Bertz CT molecular complexity index is 584. The third kappa shape index (κ3) is 7.98. The molecule has 1 aromatic rings. The summed E-state index contributed by atoms with van der Waals surface area (Å²) in [6.45, 7) is 7.87. The maximum absolute atomic E-state index is 10.9. The average molecular weight is 352 g/mol. The lowest BCUT2D eigenvalue weighted by Gasteiger charge is -2.28. The van der Waals surface area contributed by atoms with Crippen LogP contribution in [-0.4, -0.2) is 32.1 Å². The maximum Gasteiger partial charge on any atom is 0.237 e. The minimum Gasteiger partial charge on any atom is -0.594 e. The standard InChI is InChI=1S/C19H32N2O4/c1-14(2)7-5-8-15(3)9-6-10-19(4,23)17(22)11-16-12-18(20-13-16)21(24)25/h7,9,12-13,17,20-24H,5-6,8,10-11H2,1-4H3/b15-9+/t17-,19+/m1/s1. The van der Waals surface area contributed by atoms with Crippen molar-refractivity contribution in [3.05, 3.63) is 46.3 Å². The molecule has 0 spiro atoms. The van der Waals surface area contributed by atoms with E-state index >= 15 is 0 Å². The van der Waals surface area contributed by atoms with Crippen LogP contribution in [0.15, 0.2) is 35.6 Å². The van der Waals surface area contributed by atoms with Crippen LogP contribution in [0, 0.1) is 5.21 Å². The molecule has 0 radical (unpaired) electrons. The summed E-state index contributed by atoms with van der Waals surface area (Å²) in [5, 5.41) is 39.5. The van der Waals surface area contributed by atoms with Gasteiger partial charge in [-0.15, -0.1) is 0 Å². The van der Waals surface area contributed by atoms with Gasteiger partial charge in [-0.05, 0) is 58.9 Å². The van der Waals surface area contributed by atoms with Crippen LogP contribution >= 0.6 is 0 Å². The van der Waals surface area contributed by atoms with Gasteiger partial charge < -0.3 is 20.4 Å². The Kier molecular flexibility index (Phi) is 8.55. The van der Waals surface area contributed by atoms with Crippen molar-refractivity contribution >= 4 is 5.82 Å². The molecule has 0 saturated heterocycles. The highest BCUT2D eigenvalue weighted by molar-refractivity contribution is 5.27. The number of quaternary nitrogens is 1. The molecular weight excluding hydrogens is 320 g/mol. The summed E-state index contributed by atoms with van der Waals surface area (Å²) in [4.78, 5) is 2.64. The Morgan fingerprint density at radius 2 is 2.00 bits per heavy atom. The van der Waals surface area contributed by atoms with Gasteiger partial charge in [0.15, 0.2) is 0 Å². The Morgan fingerprint density at radius 3 is 2.56 bits per heavy atom. The van der Waals surface area contributed by atoms with Crippen LogP contribution in [0.1, 0.15) is 58.9 Å². The van der Waals surface area contributed by atoms with E-state index in [-0.39, 0.29) is 12.2 Å². The Balaban J connectivity index is 2.48. The zero-order valence-electron chi connectivity index (χ0n) is 15.7. The van der Waals surface area contributed by atoms with Gasteiger partial charge in [0.05, 0.1) is 11.7 Å². The van der Waals surface area contributed by atoms with E-state index in [1.807, 2.05) is 0 Å². The molecule has 1 aromatic heterocycles. The van der Waals surface area contributed by atoms with E-state index in [9.17, 15) is 15.4 Å². The Hall–Kier alpha value is -1.44. The molecule has 0 aliphatic heterocycles. The predicted molar refractivity (Wildman–Crippen MR) is 98.6 cm³/mol. The lowest BCUT2D eigenvalue weighted by atomic mass is 9.89. The molecule has 1 unspecified atom stereocenters. The topological polar surface area (TPSA) is 104 Å². The first-order valence-corrected chi connectivity index (χ1v) is 8.72. The number of aromatic amines is 1. The number of rotatable bonds is 10. The minimum atomic E-state index is -1.22. The van der Waals surface area contributed by atoms with Crippen molar-refractivity contribution in [2.45, 2.75) is 71.5 Å². The number of hydrogen-bond donors (Lipinski definition) is 5. The van der Waals surface area contributed by atoms with Gasteiger partial charge in [0.2, 0.25) is 5.82 Å². The molecular formula is C19H32N2O4. The number of hydrogen-bond acceptors (Lipinski definition) is 4. The van der Waals surface area contributed by atoms with Gasteiger partial charge in [-0.25, -0.2) is 5.21 Å². The number of aliphatic hydroxyl groups excluding tert-OH is 1. The molecule has 1 rings (SSSR count). The molecule has 5 N–H and O–H groups in total. The average Bonchev–Trinajstić information content (AvgIpc) is 2.95. The van der Waals surface area contributed by atoms with Gasteiger partial charge in [-0.3, -0.25) is 0 Å². The fraction of sp³-hybridized carbons (Fsp3) is 0.579. The predicted octanol–water partition coefficient (Wildman–Crippen LogP) is 2.55. The van der Waals surface area contributed by atoms with Gasteiger partial charge in [0, 0.05) is 18.7 Å². The second-order valence-corrected chi connectivity index (χ2v) is 7.21. The van der Waals surface area contributed by atoms with Crippen molar-refractivity contribution in [3.8, 4) is 0 Å². The molecule has 0 aliphatic carbocycles. The van der Waals surface area contributed by atoms with Crippen LogP contribution in [0.3, 0.4) is 0 Å². The van der Waals surface area contributed by atoms with Crippen molar-refractivity contribution in [1.82, 2.24) is 4.98 Å². The fourth-order valence-electron chi connectivity index (χ4n) is 2.59. The van der Waals surface area contributed by atoms with E-state index in [1.165, 1.54) is 17.2 Å². The van der Waals surface area contributed by atoms with Gasteiger partial charge in [0.1, 0.15) is 0 Å². The highest BCUT2D eigenvalue weighted by Crippen LogP contribution is 2.22. The summed E-state index contributed by atoms with van der Waals surface area (Å²) in [6.07, 6.45) is 8.28. The second kappa shape index (κ2) is 9.89. The Morgan fingerprint density at radius 1 is 1.32 bits per heavy atom. The smallest absolute Gasteiger partial charge is 0.237 e. The first kappa shape index (κ1) is 21.6. The summed E-state index contributed by atoms with van der Waals surface area (Å²) in [7, 11) is 0. The molecule has 0 aromatic carbocycles. The van der Waals surface area contributed by atoms with Crippen molar-refractivity contribution in [2.75, 3.05) is 0 Å². The van der Waals surface area contributed by atoms with Crippen molar-refractivity contribution in [1.29, 1.82) is 0 Å². The van der Waals surface area contributed by atoms with Crippen molar-refractivity contribution in [3.63, 3.8) is 0 Å². The van der Waals surface area contributed by atoms with Crippen LogP contribution in [0.5, 0.6) is 0 Å². The van der Waals surface area contributed by atoms with Crippen LogP contribution in [-0.2, 0) is 6.42 Å². The highest BCUT2D eigenvalue weighted by atomic mass is 16.8. The summed E-state index contributed by atoms with van der Waals surface area (Å²) in [5.74, 6) is 0.0803. The van der Waals surface area contributed by atoms with E-state index in [0.29, 0.717) is 18.4 Å². The van der Waals surface area contributed by atoms with E-state index in [4.69, 9.17) is 5.21 Å². The molecule has 0 aliphatic rings. The molecule has 0 fully saturated rings. The van der Waals surface area contributed by atoms with Gasteiger partial charge in [0.25, 0.3) is 0 Å². The van der Waals surface area contributed by atoms with E-state index in [2.05, 4.69) is 37.9 Å². The van der Waals surface area contributed by atoms with Gasteiger partial charge in [-0.1, -0.05) is 23.3 Å². The Labute approximate surface area is 150 Å². The van der Waals surface area contributed by atoms with Crippen molar-refractivity contribution in [2.24, 2.45) is 0 Å². The molecule has 0 amide bonds. The number of aromatic nitrogens is 1. The van der Waals surface area contributed by atoms with Crippen molar-refractivity contribution < 1.29 is 20.6 Å². The van der Waals surface area contributed by atoms with Crippen LogP contribution in [0.2, 0.25) is 0 Å². The summed E-state index contributed by atoms with van der Waals surface area (Å²) in [6, 6.07) is 1.48. The van der Waals surface area contributed by atoms with Crippen LogP contribution in [0.4, 0.5) is 5.82 Å². The van der Waals surface area contributed by atoms with E-state index in [0.717, 1.165) is 12.8 Å². The summed E-state index contributed by atoms with van der Waals surface area (Å²) < 4.78 is 0. The largest absolute Gasteiger partial charge is 0.594 e. The van der Waals surface area contributed by atoms with Crippen LogP contribution in [0.25, 0.3) is 0 Å². The first-order chi connectivity index (χ1) is 11.6. The summed E-state index contributed by atoms with van der Waals surface area (Å²) in [5.41, 5.74) is 2.03. The monoisotopic (exact) mass is 352 g/mol. The third-order valence-corrected chi connectivity index (χ3v) is 4.35. The van der Waals surface area contributed by atoms with Crippen LogP contribution < -0.4 is 5.23 Å². The molecule has 25 heavy (non-hydrogen) atoms. The number of H-pyrrole nitrogens is 1. The quantitative estimate of drug-likeness (QED) is 0.330. The molecule has 3 atom stereocenters. The fourth-order valence-corrected chi connectivity index (χ4v) is 2.59. The zero-order chi connectivity index (χ0) is 19.0. The van der Waals surface area contributed by atoms with E-state index < -0.39 is 16.9 Å². The number of allylic oxidation sites excluding steroid dienone is 4. The van der Waals surface area contributed by atoms with Gasteiger partial charge in [-0.2, -0.15) is 5.23 Å². The first-order valence-electron chi connectivity index (χ1n) is 8.72. The SMILES string of the molecule is CC(C)=CCC/C(C)=C/CC[C@](C)(O)[C@H](O)Cc1c[nH]c([NH+]([O-])O)c1. The highest BCUT2D eigenvalue weighted by Gasteiger charge is 2.30. The molecule has 0 saturated carbocycles. The zero-order valence-corrected chi connectivity index (χ0v) is 15.7. The lowest BCUT2D eigenvalue weighted by Crippen LogP contribution is -2.99. The molecule has 142 valence electrons. The third-order valence-electron chi connectivity index (χ3n) is 4.35. The maximum atomic E-state index is 10.9. The number of aliphatic hydroxyl groups is 2. The summed E-state index contributed by atoms with van der Waals surface area (Å²) >= 11 is 0. The minimum absolute atomic E-state index is 0.0803. The molecule has 0 bridgehead atoms. The number of nitrogens with one attached hydrogen (secondary N) is 2. The van der Waals surface area contributed by atoms with E-state index in [1.54, 1.807) is 13.1 Å². The normalized spacial score (nSPS) is 17.0. The molecule has 6 nitrogen and oxygen atoms in total.